The third kappa shape index (κ3) is 6.10. The molecule has 0 spiro atoms. The lowest BCUT2D eigenvalue weighted by Gasteiger charge is -2.30. The van der Waals surface area contributed by atoms with Crippen molar-refractivity contribution in [3.8, 4) is 0 Å². The van der Waals surface area contributed by atoms with Gasteiger partial charge in [0.15, 0.2) is 0 Å². The highest BCUT2D eigenvalue weighted by Crippen LogP contribution is 2.31. The highest BCUT2D eigenvalue weighted by atomic mass is 16.1. The molecule has 7 heteroatoms. The number of nitrogens with zero attached hydrogens (tertiary/aromatic N) is 3. The first-order valence-corrected chi connectivity index (χ1v) is 13.3. The molecule has 2 aliphatic carbocycles. The predicted octanol–water partition coefficient (Wildman–Crippen LogP) is 5.57. The number of hydrogen-bond acceptors (Lipinski definition) is 6. The molecule has 0 aliphatic heterocycles. The fourth-order valence-electron chi connectivity index (χ4n) is 4.78. The Morgan fingerprint density at radius 2 is 1.73 bits per heavy atom. The van der Waals surface area contributed by atoms with E-state index < -0.39 is 0 Å². The number of carbonyl (C=O) groups excluding carboxylic acids is 1. The lowest BCUT2D eigenvalue weighted by molar-refractivity contribution is 0.0951. The second kappa shape index (κ2) is 10.1. The molecule has 3 N–H and O–H groups in total. The maximum absolute atomic E-state index is 13.0. The summed E-state index contributed by atoms with van der Waals surface area (Å²) >= 11 is 0. The molecule has 5 rings (SSSR count). The Kier molecular flexibility index (Phi) is 6.90. The van der Waals surface area contributed by atoms with Gasteiger partial charge in [-0.2, -0.15) is 0 Å². The summed E-state index contributed by atoms with van der Waals surface area (Å²) in [6.07, 6.45) is 8.89. The Hall–Kier alpha value is -3.45. The number of carbonyl (C=O) groups is 1. The molecular weight excluding hydrogens is 460 g/mol. The third-order valence-electron chi connectivity index (χ3n) is 7.28. The molecule has 7 nitrogen and oxygen atoms in total. The van der Waals surface area contributed by atoms with E-state index in [1.54, 1.807) is 12.4 Å². The van der Waals surface area contributed by atoms with Crippen molar-refractivity contribution < 1.29 is 4.79 Å². The molecule has 1 saturated carbocycles. The smallest absolute Gasteiger partial charge is 0.255 e. The summed E-state index contributed by atoms with van der Waals surface area (Å²) in [6.45, 7) is 6.42. The number of benzene rings is 1. The topological polar surface area (TPSA) is 82.2 Å². The van der Waals surface area contributed by atoms with Crippen LogP contribution in [0, 0.1) is 0 Å². The number of pyridine rings is 2. The number of aromatic nitrogens is 2. The molecule has 1 amide bonds. The van der Waals surface area contributed by atoms with Crippen molar-refractivity contribution in [2.75, 3.05) is 24.7 Å². The van der Waals surface area contributed by atoms with Crippen LogP contribution in [0.4, 0.5) is 22.9 Å². The number of rotatable bonds is 7. The van der Waals surface area contributed by atoms with Gasteiger partial charge in [-0.25, -0.2) is 4.98 Å². The third-order valence-corrected chi connectivity index (χ3v) is 7.28. The van der Waals surface area contributed by atoms with Gasteiger partial charge in [-0.3, -0.25) is 9.78 Å². The summed E-state index contributed by atoms with van der Waals surface area (Å²) in [5.41, 5.74) is 6.87. The minimum Gasteiger partial charge on any atom is -0.355 e. The first kappa shape index (κ1) is 25.2. The number of fused-ring (bicyclic) bond motifs is 1. The lowest BCUT2D eigenvalue weighted by atomic mass is 9.87. The van der Waals surface area contributed by atoms with Crippen LogP contribution < -0.4 is 16.0 Å². The quantitative estimate of drug-likeness (QED) is 0.395. The normalized spacial score (nSPS) is 17.3. The highest BCUT2D eigenvalue weighted by molar-refractivity contribution is 6.00. The number of aryl methyl sites for hydroxylation is 1. The highest BCUT2D eigenvalue weighted by Gasteiger charge is 2.26. The monoisotopic (exact) mass is 498 g/mol. The zero-order chi connectivity index (χ0) is 26.2. The largest absolute Gasteiger partial charge is 0.355 e. The minimum atomic E-state index is -0.0994. The molecule has 1 atom stereocenters. The van der Waals surface area contributed by atoms with Crippen LogP contribution in [-0.4, -0.2) is 47.0 Å². The van der Waals surface area contributed by atoms with E-state index in [0.29, 0.717) is 23.1 Å². The average molecular weight is 499 g/mol. The Morgan fingerprint density at radius 1 is 0.946 bits per heavy atom. The van der Waals surface area contributed by atoms with E-state index in [-0.39, 0.29) is 17.4 Å². The summed E-state index contributed by atoms with van der Waals surface area (Å²) in [5, 5.41) is 10.0. The summed E-state index contributed by atoms with van der Waals surface area (Å²) in [6, 6.07) is 13.3. The van der Waals surface area contributed by atoms with Crippen molar-refractivity contribution in [3.63, 3.8) is 0 Å². The first-order valence-electron chi connectivity index (χ1n) is 13.3. The van der Waals surface area contributed by atoms with E-state index in [1.807, 2.05) is 18.2 Å². The van der Waals surface area contributed by atoms with Crippen LogP contribution in [0.2, 0.25) is 0 Å². The number of hydrogen-bond donors (Lipinski definition) is 3. The van der Waals surface area contributed by atoms with Crippen LogP contribution in [0.15, 0.2) is 48.8 Å². The zero-order valence-corrected chi connectivity index (χ0v) is 22.6. The second-order valence-corrected chi connectivity index (χ2v) is 11.6. The van der Waals surface area contributed by atoms with E-state index >= 15 is 0 Å². The Morgan fingerprint density at radius 3 is 2.46 bits per heavy atom. The van der Waals surface area contributed by atoms with Gasteiger partial charge in [0.25, 0.3) is 5.91 Å². The van der Waals surface area contributed by atoms with E-state index in [9.17, 15) is 4.79 Å². The fourth-order valence-corrected chi connectivity index (χ4v) is 4.78. The summed E-state index contributed by atoms with van der Waals surface area (Å²) in [7, 11) is 4.31. The second-order valence-electron chi connectivity index (χ2n) is 11.6. The van der Waals surface area contributed by atoms with Crippen LogP contribution in [-0.2, 0) is 18.3 Å². The van der Waals surface area contributed by atoms with Crippen molar-refractivity contribution in [2.45, 2.75) is 70.4 Å². The van der Waals surface area contributed by atoms with Gasteiger partial charge in [0.05, 0.1) is 11.3 Å². The van der Waals surface area contributed by atoms with E-state index in [2.05, 4.69) is 83.9 Å². The SMILES string of the molecule is CN(C)C1CCc2ccc(Nc3cc(Nc4ccnc(C(C)(C)C)c4)c(C(=O)NC4CC4)cn3)cc2C1. The van der Waals surface area contributed by atoms with Crippen molar-refractivity contribution in [3.05, 3.63) is 71.2 Å². The van der Waals surface area contributed by atoms with E-state index in [1.165, 1.54) is 17.5 Å². The molecule has 2 heterocycles. The van der Waals surface area contributed by atoms with Crippen LogP contribution >= 0.6 is 0 Å². The average Bonchev–Trinajstić information content (AvgIpc) is 3.67. The van der Waals surface area contributed by atoms with Crippen molar-refractivity contribution >= 4 is 28.8 Å². The molecule has 2 aliphatic rings. The van der Waals surface area contributed by atoms with Gasteiger partial charge in [-0.1, -0.05) is 26.8 Å². The number of nitrogens with one attached hydrogen (secondary N) is 3. The fraction of sp³-hybridized carbons (Fsp3) is 0.433. The van der Waals surface area contributed by atoms with Crippen LogP contribution in [0.25, 0.3) is 0 Å². The van der Waals surface area contributed by atoms with Crippen LogP contribution in [0.1, 0.15) is 67.2 Å². The molecule has 1 aromatic carbocycles. The van der Waals surface area contributed by atoms with Gasteiger partial charge in [0.2, 0.25) is 0 Å². The molecule has 37 heavy (non-hydrogen) atoms. The van der Waals surface area contributed by atoms with Gasteiger partial charge in [-0.15, -0.1) is 0 Å². The van der Waals surface area contributed by atoms with Crippen molar-refractivity contribution in [2.24, 2.45) is 0 Å². The molecule has 0 radical (unpaired) electrons. The lowest BCUT2D eigenvalue weighted by Crippen LogP contribution is -2.33. The van der Waals surface area contributed by atoms with Crippen molar-refractivity contribution in [1.29, 1.82) is 0 Å². The minimum absolute atomic E-state index is 0.0765. The van der Waals surface area contributed by atoms with Gasteiger partial charge in [0.1, 0.15) is 5.82 Å². The Bertz CT molecular complexity index is 1290. The number of anilines is 4. The molecule has 3 aromatic rings. The molecule has 0 saturated heterocycles. The summed E-state index contributed by atoms with van der Waals surface area (Å²) in [5.74, 6) is 0.591. The standard InChI is InChI=1S/C30H38N6O/c1-30(2,3)27-16-23(12-13-31-27)33-26-17-28(32-18-25(26)29(37)35-21-9-10-21)34-22-8-6-19-7-11-24(36(4)5)15-20(19)14-22/h6,8,12-14,16-18,21,24H,7,9-11,15H2,1-5H3,(H,35,37)(H2,31,32,33,34). The number of amides is 1. The molecule has 1 unspecified atom stereocenters. The van der Waals surface area contributed by atoms with Gasteiger partial charge < -0.3 is 20.9 Å². The maximum atomic E-state index is 13.0. The van der Waals surface area contributed by atoms with Gasteiger partial charge in [-0.05, 0) is 81.6 Å². The molecule has 2 aromatic heterocycles. The molecule has 194 valence electrons. The molecule has 0 bridgehead atoms. The van der Waals surface area contributed by atoms with E-state index in [0.717, 1.165) is 42.8 Å². The predicted molar refractivity (Wildman–Crippen MR) is 150 cm³/mol. The molecule has 1 fully saturated rings. The Labute approximate surface area is 220 Å². The summed E-state index contributed by atoms with van der Waals surface area (Å²) in [4.78, 5) is 24.5. The van der Waals surface area contributed by atoms with Crippen LogP contribution in [0.3, 0.4) is 0 Å². The summed E-state index contributed by atoms with van der Waals surface area (Å²) < 4.78 is 0. The molecular formula is C30H38N6O. The Balaban J connectivity index is 1.42. The van der Waals surface area contributed by atoms with Gasteiger partial charge >= 0.3 is 0 Å². The number of likely N-dealkylation sites (N-methyl/N-ethyl adjacent to an activating group) is 1. The zero-order valence-electron chi connectivity index (χ0n) is 22.6. The van der Waals surface area contributed by atoms with Crippen molar-refractivity contribution in [1.82, 2.24) is 20.2 Å². The maximum Gasteiger partial charge on any atom is 0.255 e. The van der Waals surface area contributed by atoms with Gasteiger partial charge in [0, 0.05) is 53.0 Å². The van der Waals surface area contributed by atoms with E-state index in [4.69, 9.17) is 0 Å². The van der Waals surface area contributed by atoms with Crippen LogP contribution in [0.5, 0.6) is 0 Å². The first-order chi connectivity index (χ1) is 17.7.